The van der Waals surface area contributed by atoms with E-state index >= 15 is 0 Å². The molecule has 7 nitrogen and oxygen atoms in total. The van der Waals surface area contributed by atoms with Gasteiger partial charge in [-0.2, -0.15) is 0 Å². The number of anilines is 1. The second-order valence-corrected chi connectivity index (χ2v) is 8.27. The quantitative estimate of drug-likeness (QED) is 0.342. The summed E-state index contributed by atoms with van der Waals surface area (Å²) >= 11 is 6.41. The molecule has 0 radical (unpaired) electrons. The van der Waals surface area contributed by atoms with Crippen LogP contribution in [0.15, 0.2) is 72.9 Å². The molecule has 0 saturated carbocycles. The molecular formula is C25H23ClN6O. The minimum Gasteiger partial charge on any atom is -0.497 e. The fourth-order valence-corrected chi connectivity index (χ4v) is 4.20. The van der Waals surface area contributed by atoms with Gasteiger partial charge in [0.15, 0.2) is 5.82 Å². The Bertz CT molecular complexity index is 1410. The highest BCUT2D eigenvalue weighted by atomic mass is 35.5. The lowest BCUT2D eigenvalue weighted by Crippen LogP contribution is -2.20. The fourth-order valence-electron chi connectivity index (χ4n) is 4.01. The van der Waals surface area contributed by atoms with Crippen molar-refractivity contribution in [2.75, 3.05) is 12.4 Å². The van der Waals surface area contributed by atoms with Gasteiger partial charge in [-0.1, -0.05) is 35.9 Å². The Morgan fingerprint density at radius 2 is 1.97 bits per heavy atom. The minimum absolute atomic E-state index is 0.287. The maximum absolute atomic E-state index is 6.41. The molecule has 0 bridgehead atoms. The van der Waals surface area contributed by atoms with Gasteiger partial charge in [-0.05, 0) is 76.5 Å². The summed E-state index contributed by atoms with van der Waals surface area (Å²) in [5.74, 6) is 1.50. The van der Waals surface area contributed by atoms with E-state index in [4.69, 9.17) is 16.3 Å². The number of aromatic nitrogens is 5. The molecule has 0 amide bonds. The van der Waals surface area contributed by atoms with Crippen LogP contribution in [0, 0.1) is 6.92 Å². The van der Waals surface area contributed by atoms with E-state index in [-0.39, 0.29) is 6.04 Å². The summed E-state index contributed by atoms with van der Waals surface area (Å²) in [5, 5.41) is 18.1. The number of nitrogens with zero attached hydrogens (tertiary/aromatic N) is 4. The lowest BCUT2D eigenvalue weighted by Gasteiger charge is -2.22. The number of fused-ring (bicyclic) bond motifs is 1. The molecule has 1 unspecified atom stereocenters. The molecule has 0 aliphatic carbocycles. The molecule has 33 heavy (non-hydrogen) atoms. The molecule has 5 rings (SSSR count). The maximum Gasteiger partial charge on any atom is 0.178 e. The fraction of sp³-hybridized carbons (Fsp3) is 0.160. The van der Waals surface area contributed by atoms with Crippen molar-refractivity contribution in [1.82, 2.24) is 25.2 Å². The monoisotopic (exact) mass is 458 g/mol. The Morgan fingerprint density at radius 3 is 2.79 bits per heavy atom. The van der Waals surface area contributed by atoms with E-state index in [2.05, 4.69) is 57.0 Å². The number of nitrogens with one attached hydrogen (secondary N) is 2. The van der Waals surface area contributed by atoms with Gasteiger partial charge in [0, 0.05) is 27.8 Å². The highest BCUT2D eigenvalue weighted by Crippen LogP contribution is 2.31. The van der Waals surface area contributed by atoms with Crippen molar-refractivity contribution in [3.63, 3.8) is 0 Å². The van der Waals surface area contributed by atoms with Crippen molar-refractivity contribution in [1.29, 1.82) is 0 Å². The van der Waals surface area contributed by atoms with Crippen LogP contribution in [-0.2, 0) is 6.54 Å². The van der Waals surface area contributed by atoms with Crippen molar-refractivity contribution in [3.05, 3.63) is 100 Å². The molecule has 0 fully saturated rings. The topological polar surface area (TPSA) is 80.7 Å². The molecule has 2 heterocycles. The third-order valence-corrected chi connectivity index (χ3v) is 6.12. The van der Waals surface area contributed by atoms with E-state index in [0.29, 0.717) is 17.4 Å². The third kappa shape index (κ3) is 4.27. The number of H-pyrrole nitrogens is 1. The molecule has 5 aromatic rings. The average Bonchev–Trinajstić information content (AvgIpc) is 3.48. The second kappa shape index (κ2) is 8.96. The van der Waals surface area contributed by atoms with E-state index in [1.807, 2.05) is 48.7 Å². The van der Waals surface area contributed by atoms with Gasteiger partial charge in [0.25, 0.3) is 0 Å². The summed E-state index contributed by atoms with van der Waals surface area (Å²) in [6.07, 6.45) is 1.93. The van der Waals surface area contributed by atoms with Crippen LogP contribution >= 0.6 is 11.6 Å². The number of ether oxygens (including phenoxy) is 1. The maximum atomic E-state index is 6.41. The molecule has 1 atom stereocenters. The molecule has 0 aliphatic heterocycles. The molecule has 0 saturated heterocycles. The van der Waals surface area contributed by atoms with E-state index in [1.54, 1.807) is 11.8 Å². The molecule has 0 aliphatic rings. The highest BCUT2D eigenvalue weighted by Gasteiger charge is 2.24. The Kier molecular flexibility index (Phi) is 5.71. The molecule has 3 aromatic carbocycles. The first kappa shape index (κ1) is 21.0. The van der Waals surface area contributed by atoms with Crippen LogP contribution in [0.25, 0.3) is 10.9 Å². The first-order valence-electron chi connectivity index (χ1n) is 10.6. The van der Waals surface area contributed by atoms with Crippen LogP contribution in [0.2, 0.25) is 5.02 Å². The van der Waals surface area contributed by atoms with Crippen LogP contribution in [0.4, 0.5) is 5.69 Å². The number of aromatic amines is 1. The Morgan fingerprint density at radius 1 is 1.09 bits per heavy atom. The third-order valence-electron chi connectivity index (χ3n) is 5.75. The number of halogens is 1. The highest BCUT2D eigenvalue weighted by molar-refractivity contribution is 6.31. The SMILES string of the molecule is COc1ccc(C(Nc2ccc3[nH]ccc3c2)c2nnnn2Cc2ccccc2Cl)c(C)c1. The van der Waals surface area contributed by atoms with E-state index in [1.165, 1.54) is 0 Å². The summed E-state index contributed by atoms with van der Waals surface area (Å²) < 4.78 is 7.20. The number of hydrogen-bond acceptors (Lipinski definition) is 5. The lowest BCUT2D eigenvalue weighted by atomic mass is 9.99. The summed E-state index contributed by atoms with van der Waals surface area (Å²) in [5.41, 5.74) is 5.13. The zero-order valence-corrected chi connectivity index (χ0v) is 19.0. The number of tetrazole rings is 1. The average molecular weight is 459 g/mol. The van der Waals surface area contributed by atoms with Gasteiger partial charge >= 0.3 is 0 Å². The van der Waals surface area contributed by atoms with Crippen LogP contribution < -0.4 is 10.1 Å². The molecule has 2 N–H and O–H groups in total. The van der Waals surface area contributed by atoms with Gasteiger partial charge in [-0.3, -0.25) is 0 Å². The smallest absolute Gasteiger partial charge is 0.178 e. The predicted molar refractivity (Wildman–Crippen MR) is 130 cm³/mol. The van der Waals surface area contributed by atoms with Crippen LogP contribution in [0.5, 0.6) is 5.75 Å². The molecule has 2 aromatic heterocycles. The number of rotatable bonds is 7. The van der Waals surface area contributed by atoms with E-state index < -0.39 is 0 Å². The number of hydrogen-bond donors (Lipinski definition) is 2. The standard InChI is InChI=1S/C25H23ClN6O/c1-16-13-20(33-2)8-9-21(16)24(28-19-7-10-23-17(14-19)11-12-27-23)25-29-30-31-32(25)15-18-5-3-4-6-22(18)26/h3-14,24,27-28H,15H2,1-2H3. The van der Waals surface area contributed by atoms with Crippen molar-refractivity contribution in [3.8, 4) is 5.75 Å². The Labute approximate surface area is 196 Å². The van der Waals surface area contributed by atoms with Crippen LogP contribution in [0.1, 0.15) is 28.6 Å². The Balaban J connectivity index is 1.57. The van der Waals surface area contributed by atoms with Gasteiger partial charge in [0.05, 0.1) is 13.7 Å². The Hall–Kier alpha value is -3.84. The molecule has 0 spiro atoms. The molecule has 166 valence electrons. The van der Waals surface area contributed by atoms with Gasteiger partial charge in [0.2, 0.25) is 0 Å². The largest absolute Gasteiger partial charge is 0.497 e. The van der Waals surface area contributed by atoms with Gasteiger partial charge < -0.3 is 15.0 Å². The number of benzene rings is 3. The van der Waals surface area contributed by atoms with Gasteiger partial charge in [-0.15, -0.1) is 5.10 Å². The number of methoxy groups -OCH3 is 1. The normalized spacial score (nSPS) is 12.1. The molecular weight excluding hydrogens is 436 g/mol. The van der Waals surface area contributed by atoms with Crippen LogP contribution in [0.3, 0.4) is 0 Å². The summed E-state index contributed by atoms with van der Waals surface area (Å²) in [6.45, 7) is 2.52. The van der Waals surface area contributed by atoms with Crippen molar-refractivity contribution >= 4 is 28.2 Å². The van der Waals surface area contributed by atoms with Gasteiger partial charge in [-0.25, -0.2) is 4.68 Å². The lowest BCUT2D eigenvalue weighted by molar-refractivity contribution is 0.414. The second-order valence-electron chi connectivity index (χ2n) is 7.87. The molecule has 8 heteroatoms. The summed E-state index contributed by atoms with van der Waals surface area (Å²) in [7, 11) is 1.67. The van der Waals surface area contributed by atoms with Crippen LogP contribution in [-0.4, -0.2) is 32.3 Å². The van der Waals surface area contributed by atoms with E-state index in [9.17, 15) is 0 Å². The van der Waals surface area contributed by atoms with Crippen molar-refractivity contribution < 1.29 is 4.74 Å². The number of aryl methyl sites for hydroxylation is 1. The first-order chi connectivity index (χ1) is 16.1. The summed E-state index contributed by atoms with van der Waals surface area (Å²) in [4.78, 5) is 3.23. The predicted octanol–water partition coefficient (Wildman–Crippen LogP) is 5.37. The van der Waals surface area contributed by atoms with Crippen molar-refractivity contribution in [2.45, 2.75) is 19.5 Å². The van der Waals surface area contributed by atoms with E-state index in [0.717, 1.165) is 39.0 Å². The van der Waals surface area contributed by atoms with Gasteiger partial charge in [0.1, 0.15) is 11.8 Å². The zero-order chi connectivity index (χ0) is 22.8. The minimum atomic E-state index is -0.287. The summed E-state index contributed by atoms with van der Waals surface area (Å²) in [6, 6.07) is 21.7. The zero-order valence-electron chi connectivity index (χ0n) is 18.3. The van der Waals surface area contributed by atoms with Crippen molar-refractivity contribution in [2.24, 2.45) is 0 Å². The first-order valence-corrected chi connectivity index (χ1v) is 11.0.